The van der Waals surface area contributed by atoms with Crippen LogP contribution in [0, 0.1) is 0 Å². The van der Waals surface area contributed by atoms with Gasteiger partial charge in [0.1, 0.15) is 18.0 Å². The van der Waals surface area contributed by atoms with E-state index in [4.69, 9.17) is 9.57 Å². The monoisotopic (exact) mass is 474 g/mol. The van der Waals surface area contributed by atoms with E-state index in [0.29, 0.717) is 24.5 Å². The van der Waals surface area contributed by atoms with Gasteiger partial charge in [0, 0.05) is 26.3 Å². The molecular weight excluding hydrogens is 444 g/mol. The minimum atomic E-state index is -1.56. The second-order valence-electron chi connectivity index (χ2n) is 8.25. The van der Waals surface area contributed by atoms with Crippen LogP contribution in [0.15, 0.2) is 90.1 Å². The molecule has 3 aromatic rings. The van der Waals surface area contributed by atoms with Gasteiger partial charge in [0.15, 0.2) is 0 Å². The van der Waals surface area contributed by atoms with Crippen LogP contribution >= 0.6 is 0 Å². The number of nitrogens with one attached hydrogen (secondary N) is 1. The second-order valence-corrected chi connectivity index (χ2v) is 8.25. The molecule has 0 radical (unpaired) electrons. The Hall–Kier alpha value is -3.97. The predicted octanol–water partition coefficient (Wildman–Crippen LogP) is 4.49. The van der Waals surface area contributed by atoms with E-state index in [9.17, 15) is 14.7 Å². The number of benzene rings is 3. The van der Waals surface area contributed by atoms with Crippen LogP contribution in [0.3, 0.4) is 0 Å². The Morgan fingerprint density at radius 3 is 2.09 bits per heavy atom. The second kappa shape index (κ2) is 12.5. The summed E-state index contributed by atoms with van der Waals surface area (Å²) in [6.07, 6.45) is 0.175. The van der Waals surface area contributed by atoms with Crippen LogP contribution in [0.4, 0.5) is 0 Å². The Balaban J connectivity index is 1.64. The quantitative estimate of drug-likeness (QED) is 0.242. The molecule has 0 fully saturated rings. The first kappa shape index (κ1) is 25.6. The van der Waals surface area contributed by atoms with E-state index in [1.165, 1.54) is 6.92 Å². The molecule has 7 heteroatoms. The maximum atomic E-state index is 12.4. The van der Waals surface area contributed by atoms with Crippen LogP contribution in [0.1, 0.15) is 43.4 Å². The molecule has 0 aliphatic carbocycles. The summed E-state index contributed by atoms with van der Waals surface area (Å²) in [6, 6.07) is 26.3. The van der Waals surface area contributed by atoms with Crippen molar-refractivity contribution in [3.8, 4) is 5.75 Å². The van der Waals surface area contributed by atoms with E-state index in [1.54, 1.807) is 31.2 Å². The first-order chi connectivity index (χ1) is 16.8. The Morgan fingerprint density at radius 2 is 1.49 bits per heavy atom. The highest BCUT2D eigenvalue weighted by Gasteiger charge is 2.31. The van der Waals surface area contributed by atoms with Crippen molar-refractivity contribution < 1.29 is 24.3 Å². The molecule has 35 heavy (non-hydrogen) atoms. The Bertz CT molecular complexity index is 1130. The fraction of sp³-hybridized carbons (Fsp3) is 0.250. The van der Waals surface area contributed by atoms with E-state index < -0.39 is 11.6 Å². The van der Waals surface area contributed by atoms with Crippen molar-refractivity contribution >= 4 is 17.6 Å². The molecule has 0 aliphatic heterocycles. The summed E-state index contributed by atoms with van der Waals surface area (Å²) in [5, 5.41) is 18.0. The highest BCUT2D eigenvalue weighted by molar-refractivity contribution is 5.95. The van der Waals surface area contributed by atoms with Crippen molar-refractivity contribution in [2.24, 2.45) is 5.16 Å². The third-order valence-electron chi connectivity index (χ3n) is 5.43. The van der Waals surface area contributed by atoms with Gasteiger partial charge in [0.25, 0.3) is 0 Å². The summed E-state index contributed by atoms with van der Waals surface area (Å²) in [5.74, 6) is -0.173. The number of nitrogens with zero attached hydrogens (tertiary/aromatic N) is 1. The van der Waals surface area contributed by atoms with Gasteiger partial charge in [-0.15, -0.1) is 0 Å². The minimum Gasteiger partial charge on any atom is -0.489 e. The van der Waals surface area contributed by atoms with Crippen LogP contribution in [-0.4, -0.2) is 22.7 Å². The minimum absolute atomic E-state index is 0.0708. The zero-order valence-corrected chi connectivity index (χ0v) is 19.9. The van der Waals surface area contributed by atoms with Crippen LogP contribution in [0.2, 0.25) is 0 Å². The lowest BCUT2D eigenvalue weighted by molar-refractivity contribution is -0.141. The van der Waals surface area contributed by atoms with E-state index in [1.807, 2.05) is 60.7 Å². The van der Waals surface area contributed by atoms with Crippen molar-refractivity contribution in [1.82, 2.24) is 5.32 Å². The molecule has 0 bridgehead atoms. The van der Waals surface area contributed by atoms with E-state index in [0.717, 1.165) is 11.1 Å². The van der Waals surface area contributed by atoms with Crippen LogP contribution in [-0.2, 0) is 33.2 Å². The number of hydrogen-bond donors (Lipinski definition) is 2. The van der Waals surface area contributed by atoms with Gasteiger partial charge in [0.05, 0.1) is 5.71 Å². The number of rotatable bonds is 11. The smallest absolute Gasteiger partial charge is 0.331 e. The van der Waals surface area contributed by atoms with Crippen LogP contribution in [0.25, 0.3) is 0 Å². The molecule has 1 unspecified atom stereocenters. The average Bonchev–Trinajstić information content (AvgIpc) is 2.87. The Labute approximate surface area is 205 Å². The summed E-state index contributed by atoms with van der Waals surface area (Å²) in [7, 11) is 0. The van der Waals surface area contributed by atoms with Gasteiger partial charge in [-0.2, -0.15) is 0 Å². The molecule has 182 valence electrons. The summed E-state index contributed by atoms with van der Waals surface area (Å²) >= 11 is 0. The molecule has 0 heterocycles. The predicted molar refractivity (Wildman–Crippen MR) is 134 cm³/mol. The highest BCUT2D eigenvalue weighted by Crippen LogP contribution is 2.27. The van der Waals surface area contributed by atoms with Crippen molar-refractivity contribution in [3.63, 3.8) is 0 Å². The topological polar surface area (TPSA) is 97.2 Å². The lowest BCUT2D eigenvalue weighted by Gasteiger charge is -2.25. The number of carbonyl (C=O) groups excluding carboxylic acids is 2. The molecule has 2 N–H and O–H groups in total. The summed E-state index contributed by atoms with van der Waals surface area (Å²) in [5.41, 5.74) is 1.16. The Kier molecular flexibility index (Phi) is 9.15. The fourth-order valence-electron chi connectivity index (χ4n) is 3.40. The summed E-state index contributed by atoms with van der Waals surface area (Å²) in [6.45, 7) is 3.60. The molecule has 0 spiro atoms. The fourth-order valence-corrected chi connectivity index (χ4v) is 3.40. The van der Waals surface area contributed by atoms with Gasteiger partial charge in [0.2, 0.25) is 5.91 Å². The summed E-state index contributed by atoms with van der Waals surface area (Å²) in [4.78, 5) is 28.5. The molecule has 1 amide bonds. The molecule has 0 aliphatic rings. The zero-order valence-electron chi connectivity index (χ0n) is 19.9. The average molecular weight is 475 g/mol. The largest absolute Gasteiger partial charge is 0.489 e. The number of hydrogen-bond acceptors (Lipinski definition) is 6. The molecule has 1 atom stereocenters. The molecule has 7 nitrogen and oxygen atoms in total. The van der Waals surface area contributed by atoms with Crippen molar-refractivity contribution in [2.45, 2.75) is 45.4 Å². The first-order valence-corrected chi connectivity index (χ1v) is 11.4. The third kappa shape index (κ3) is 8.08. The van der Waals surface area contributed by atoms with Crippen LogP contribution < -0.4 is 10.1 Å². The number of amides is 1. The summed E-state index contributed by atoms with van der Waals surface area (Å²) < 4.78 is 5.81. The van der Waals surface area contributed by atoms with Crippen molar-refractivity contribution in [1.29, 1.82) is 0 Å². The first-order valence-electron chi connectivity index (χ1n) is 11.4. The molecule has 0 saturated carbocycles. The van der Waals surface area contributed by atoms with Gasteiger partial charge in [-0.3, -0.25) is 4.79 Å². The molecule has 0 saturated heterocycles. The number of carbonyl (C=O) groups is 2. The number of aliphatic hydroxyl groups is 1. The van der Waals surface area contributed by atoms with E-state index in [2.05, 4.69) is 10.5 Å². The molecule has 0 aromatic heterocycles. The standard InChI is InChI=1S/C28H30N2O5/c1-21(31)35-30-26(17-18-27(32)29-19-22-9-5-3-6-10-22)28(2,33)24-13-15-25(16-14-24)34-20-23-11-7-4-8-12-23/h3-16,33H,17-20H2,1-2H3,(H,29,32)/b30-26+. The number of ether oxygens (including phenoxy) is 1. The SMILES string of the molecule is CC(=O)O/N=C(\CCC(=O)NCc1ccccc1)C(C)(O)c1ccc(OCc2ccccc2)cc1. The maximum absolute atomic E-state index is 12.4. The van der Waals surface area contributed by atoms with Gasteiger partial charge in [-0.25, -0.2) is 4.79 Å². The number of oxime groups is 1. The van der Waals surface area contributed by atoms with Gasteiger partial charge < -0.3 is 20.0 Å². The van der Waals surface area contributed by atoms with Gasteiger partial charge in [-0.1, -0.05) is 78.0 Å². The van der Waals surface area contributed by atoms with Gasteiger partial charge in [-0.05, 0) is 35.7 Å². The molecule has 3 rings (SSSR count). The van der Waals surface area contributed by atoms with Gasteiger partial charge >= 0.3 is 5.97 Å². The third-order valence-corrected chi connectivity index (χ3v) is 5.43. The zero-order chi connectivity index (χ0) is 25.1. The van der Waals surface area contributed by atoms with E-state index in [-0.39, 0.29) is 24.5 Å². The molecule has 3 aromatic carbocycles. The lowest BCUT2D eigenvalue weighted by Crippen LogP contribution is -2.34. The van der Waals surface area contributed by atoms with Crippen LogP contribution in [0.5, 0.6) is 5.75 Å². The normalized spacial score (nSPS) is 12.9. The lowest BCUT2D eigenvalue weighted by atomic mass is 9.88. The molecular formula is C28H30N2O5. The maximum Gasteiger partial charge on any atom is 0.331 e. The highest BCUT2D eigenvalue weighted by atomic mass is 16.7. The van der Waals surface area contributed by atoms with E-state index >= 15 is 0 Å². The van der Waals surface area contributed by atoms with Crippen molar-refractivity contribution in [2.75, 3.05) is 0 Å². The Morgan fingerprint density at radius 1 is 0.886 bits per heavy atom. The van der Waals surface area contributed by atoms with Crippen molar-refractivity contribution in [3.05, 3.63) is 102 Å².